The molecular weight excluding hydrogens is 364 g/mol. The number of rotatable bonds is 6. The molecule has 2 aromatic carbocycles. The summed E-state index contributed by atoms with van der Waals surface area (Å²) in [5.74, 6) is 2.65. The van der Waals surface area contributed by atoms with Crippen molar-refractivity contribution in [2.24, 2.45) is 0 Å². The average Bonchev–Trinajstić information content (AvgIpc) is 3.21. The van der Waals surface area contributed by atoms with Crippen LogP contribution in [0.15, 0.2) is 52.9 Å². The van der Waals surface area contributed by atoms with E-state index < -0.39 is 0 Å². The molecule has 0 atom stereocenters. The van der Waals surface area contributed by atoms with Gasteiger partial charge in [-0.1, -0.05) is 35.9 Å². The van der Waals surface area contributed by atoms with Crippen molar-refractivity contribution in [3.63, 3.8) is 0 Å². The first kappa shape index (κ1) is 17.6. The van der Waals surface area contributed by atoms with E-state index in [0.717, 1.165) is 29.3 Å². The van der Waals surface area contributed by atoms with Crippen LogP contribution < -0.4 is 10.1 Å². The van der Waals surface area contributed by atoms with E-state index >= 15 is 0 Å². The van der Waals surface area contributed by atoms with Crippen LogP contribution in [-0.2, 0) is 13.1 Å². The van der Waals surface area contributed by atoms with Crippen molar-refractivity contribution < 1.29 is 9.15 Å². The van der Waals surface area contributed by atoms with E-state index in [4.69, 9.17) is 20.8 Å². The monoisotopic (exact) mass is 382 g/mol. The van der Waals surface area contributed by atoms with E-state index in [1.54, 1.807) is 11.6 Å². The van der Waals surface area contributed by atoms with Crippen LogP contribution >= 0.6 is 11.6 Å². The number of oxazole rings is 1. The summed E-state index contributed by atoms with van der Waals surface area (Å²) >= 11 is 6.26. The van der Waals surface area contributed by atoms with Crippen molar-refractivity contribution in [1.82, 2.24) is 19.9 Å². The van der Waals surface area contributed by atoms with Crippen molar-refractivity contribution in [2.45, 2.75) is 20.0 Å². The minimum absolute atomic E-state index is 0.462. The van der Waals surface area contributed by atoms with Crippen LogP contribution in [0.3, 0.4) is 0 Å². The minimum Gasteiger partial charge on any atom is -0.497 e. The Labute approximate surface area is 161 Å². The summed E-state index contributed by atoms with van der Waals surface area (Å²) in [7, 11) is 1.66. The van der Waals surface area contributed by atoms with E-state index in [0.29, 0.717) is 23.2 Å². The number of nitrogens with one attached hydrogen (secondary N) is 1. The van der Waals surface area contributed by atoms with Gasteiger partial charge in [-0.25, -0.2) is 0 Å². The highest BCUT2D eigenvalue weighted by Gasteiger charge is 2.17. The third-order valence-electron chi connectivity index (χ3n) is 4.38. The molecule has 7 heteroatoms. The van der Waals surface area contributed by atoms with Crippen LogP contribution in [0.2, 0.25) is 5.02 Å². The number of halogens is 1. The first-order valence-corrected chi connectivity index (χ1v) is 8.97. The summed E-state index contributed by atoms with van der Waals surface area (Å²) in [6.07, 6.45) is 0. The van der Waals surface area contributed by atoms with Gasteiger partial charge in [-0.2, -0.15) is 9.50 Å². The first-order valence-electron chi connectivity index (χ1n) is 8.59. The molecule has 0 aliphatic carbocycles. The van der Waals surface area contributed by atoms with Gasteiger partial charge in [0.15, 0.2) is 5.82 Å². The van der Waals surface area contributed by atoms with Crippen LogP contribution in [0.1, 0.15) is 17.0 Å². The third-order valence-corrected chi connectivity index (χ3v) is 4.71. The zero-order valence-electron chi connectivity index (χ0n) is 15.1. The molecule has 4 aromatic rings. The molecule has 0 amide bonds. The van der Waals surface area contributed by atoms with Crippen molar-refractivity contribution in [2.75, 3.05) is 7.11 Å². The molecule has 4 rings (SSSR count). The quantitative estimate of drug-likeness (QED) is 0.540. The number of methoxy groups -OCH3 is 1. The molecule has 0 fully saturated rings. The maximum atomic E-state index is 6.26. The normalized spacial score (nSPS) is 11.2. The minimum atomic E-state index is 0.462. The highest BCUT2D eigenvalue weighted by Crippen LogP contribution is 2.26. The second kappa shape index (κ2) is 7.42. The number of hydrogen-bond donors (Lipinski definition) is 1. The lowest BCUT2D eigenvalue weighted by Gasteiger charge is -2.05. The Kier molecular flexibility index (Phi) is 4.83. The topological polar surface area (TPSA) is 64.6 Å². The molecule has 6 nitrogen and oxygen atoms in total. The van der Waals surface area contributed by atoms with Gasteiger partial charge in [0.2, 0.25) is 0 Å². The Morgan fingerprint density at radius 3 is 2.63 bits per heavy atom. The smallest absolute Gasteiger partial charge is 0.325 e. The van der Waals surface area contributed by atoms with E-state index in [1.165, 1.54) is 5.56 Å². The third kappa shape index (κ3) is 3.54. The fourth-order valence-corrected chi connectivity index (χ4v) is 3.13. The van der Waals surface area contributed by atoms with E-state index in [1.807, 2.05) is 55.5 Å². The summed E-state index contributed by atoms with van der Waals surface area (Å²) in [5, 5.41) is 8.62. The van der Waals surface area contributed by atoms with Crippen molar-refractivity contribution in [3.8, 4) is 17.1 Å². The largest absolute Gasteiger partial charge is 0.497 e. The summed E-state index contributed by atoms with van der Waals surface area (Å²) in [5.41, 5.74) is 2.89. The Bertz CT molecular complexity index is 1070. The number of benzene rings is 2. The number of nitrogens with zero attached hydrogens (tertiary/aromatic N) is 3. The lowest BCUT2D eigenvalue weighted by Crippen LogP contribution is -2.15. The Balaban J connectivity index is 1.52. The van der Waals surface area contributed by atoms with Gasteiger partial charge in [-0.3, -0.25) is 0 Å². The molecule has 0 saturated carbocycles. The maximum Gasteiger partial charge on any atom is 0.325 e. The van der Waals surface area contributed by atoms with E-state index in [9.17, 15) is 0 Å². The number of hydrogen-bond acceptors (Lipinski definition) is 5. The summed E-state index contributed by atoms with van der Waals surface area (Å²) in [4.78, 5) is 4.47. The fraction of sp³-hybridized carbons (Fsp3) is 0.200. The predicted molar refractivity (Wildman–Crippen MR) is 104 cm³/mol. The summed E-state index contributed by atoms with van der Waals surface area (Å²) < 4.78 is 12.7. The Morgan fingerprint density at radius 1 is 1.11 bits per heavy atom. The first-order chi connectivity index (χ1) is 13.2. The van der Waals surface area contributed by atoms with Gasteiger partial charge < -0.3 is 14.5 Å². The lowest BCUT2D eigenvalue weighted by atomic mass is 10.2. The SMILES string of the molecule is COc1ccc(CNCc2c(C)oc3nc(-c4ccccc4Cl)nn23)cc1. The van der Waals surface area contributed by atoms with Gasteiger partial charge in [0.05, 0.1) is 17.8 Å². The van der Waals surface area contributed by atoms with Gasteiger partial charge >= 0.3 is 5.84 Å². The van der Waals surface area contributed by atoms with Crippen molar-refractivity contribution in [1.29, 1.82) is 0 Å². The van der Waals surface area contributed by atoms with Gasteiger partial charge in [-0.15, -0.1) is 5.10 Å². The number of ether oxygens (including phenoxy) is 1. The zero-order valence-corrected chi connectivity index (χ0v) is 15.8. The highest BCUT2D eigenvalue weighted by atomic mass is 35.5. The predicted octanol–water partition coefficient (Wildman–Crippen LogP) is 4.25. The summed E-state index contributed by atoms with van der Waals surface area (Å²) in [6, 6.07) is 15.5. The number of aryl methyl sites for hydroxylation is 1. The molecular formula is C20H19ClN4O2. The van der Waals surface area contributed by atoms with E-state index in [2.05, 4.69) is 15.4 Å². The molecule has 0 aliphatic rings. The highest BCUT2D eigenvalue weighted by molar-refractivity contribution is 6.33. The molecule has 2 heterocycles. The molecule has 138 valence electrons. The molecule has 0 spiro atoms. The van der Waals surface area contributed by atoms with Crippen LogP contribution in [0.4, 0.5) is 0 Å². The average molecular weight is 383 g/mol. The van der Waals surface area contributed by atoms with E-state index in [-0.39, 0.29) is 0 Å². The number of fused-ring (bicyclic) bond motifs is 1. The summed E-state index contributed by atoms with van der Waals surface area (Å²) in [6.45, 7) is 3.24. The van der Waals surface area contributed by atoms with Crippen LogP contribution in [-0.4, -0.2) is 21.7 Å². The number of aromatic nitrogens is 3. The standard InChI is InChI=1S/C20H19ClN4O2/c1-13-18(12-22-11-14-7-9-15(26-2)10-8-14)25-20(27-13)23-19(24-25)16-5-3-4-6-17(16)21/h3-10,22H,11-12H2,1-2H3. The molecule has 0 saturated heterocycles. The maximum absolute atomic E-state index is 6.26. The Morgan fingerprint density at radius 2 is 1.89 bits per heavy atom. The lowest BCUT2D eigenvalue weighted by molar-refractivity contribution is 0.414. The molecule has 1 N–H and O–H groups in total. The van der Waals surface area contributed by atoms with Gasteiger partial charge in [-0.05, 0) is 36.8 Å². The van der Waals surface area contributed by atoms with Crippen LogP contribution in [0.25, 0.3) is 17.2 Å². The van der Waals surface area contributed by atoms with Gasteiger partial charge in [0, 0.05) is 18.7 Å². The van der Waals surface area contributed by atoms with Crippen molar-refractivity contribution >= 4 is 17.4 Å². The van der Waals surface area contributed by atoms with Crippen LogP contribution in [0.5, 0.6) is 5.75 Å². The second-order valence-corrected chi connectivity index (χ2v) is 6.57. The van der Waals surface area contributed by atoms with Gasteiger partial charge in [0.1, 0.15) is 11.5 Å². The molecule has 2 aromatic heterocycles. The molecule has 0 unspecified atom stereocenters. The molecule has 0 aliphatic heterocycles. The van der Waals surface area contributed by atoms with Crippen molar-refractivity contribution in [3.05, 3.63) is 70.6 Å². The fourth-order valence-electron chi connectivity index (χ4n) is 2.91. The molecule has 0 radical (unpaired) electrons. The van der Waals surface area contributed by atoms with Gasteiger partial charge in [0.25, 0.3) is 0 Å². The second-order valence-electron chi connectivity index (χ2n) is 6.17. The van der Waals surface area contributed by atoms with Crippen LogP contribution in [0, 0.1) is 6.92 Å². The zero-order chi connectivity index (χ0) is 18.8. The molecule has 27 heavy (non-hydrogen) atoms. The Hall–Kier alpha value is -2.83. The molecule has 0 bridgehead atoms.